The van der Waals surface area contributed by atoms with Crippen LogP contribution in [0.4, 0.5) is 13.2 Å². The van der Waals surface area contributed by atoms with Gasteiger partial charge in [0.2, 0.25) is 12.4 Å². The molecule has 2 aromatic rings. The Morgan fingerprint density at radius 3 is 1.73 bits per heavy atom. The van der Waals surface area contributed by atoms with Gasteiger partial charge in [0, 0.05) is 31.9 Å². The van der Waals surface area contributed by atoms with Crippen LogP contribution in [0.3, 0.4) is 0 Å². The molecule has 1 aliphatic rings. The first-order chi connectivity index (χ1) is 17.3. The molecule has 1 heterocycles. The minimum Gasteiger partial charge on any atom is -0.461 e. The summed E-state index contributed by atoms with van der Waals surface area (Å²) in [5, 5.41) is 0. The van der Waals surface area contributed by atoms with Crippen molar-refractivity contribution in [2.75, 3.05) is 6.61 Å². The number of carbonyl (C=O) groups excluding carboxylic acids is 4. The van der Waals surface area contributed by atoms with Crippen LogP contribution in [0.25, 0.3) is 0 Å². The monoisotopic (exact) mass is 524 g/mol. The molecular weight excluding hydrogens is 501 g/mol. The van der Waals surface area contributed by atoms with E-state index in [-0.39, 0.29) is 23.5 Å². The zero-order valence-electron chi connectivity index (χ0n) is 19.9. The molecule has 9 nitrogen and oxygen atoms in total. The fraction of sp³-hybridized carbons (Fsp3) is 0.360. The van der Waals surface area contributed by atoms with Gasteiger partial charge in [0.1, 0.15) is 5.75 Å². The molecule has 4 atom stereocenters. The van der Waals surface area contributed by atoms with Crippen molar-refractivity contribution in [3.8, 4) is 5.75 Å². The van der Waals surface area contributed by atoms with Crippen molar-refractivity contribution in [2.45, 2.75) is 51.5 Å². The van der Waals surface area contributed by atoms with E-state index in [1.54, 1.807) is 0 Å². The lowest BCUT2D eigenvalue weighted by Crippen LogP contribution is -2.59. The zero-order valence-corrected chi connectivity index (χ0v) is 19.9. The number of benzene rings is 2. The normalized spacial score (nSPS) is 21.5. The predicted octanol–water partition coefficient (Wildman–Crippen LogP) is 3.47. The van der Waals surface area contributed by atoms with E-state index in [4.69, 9.17) is 23.7 Å². The predicted molar refractivity (Wildman–Crippen MR) is 118 cm³/mol. The lowest BCUT2D eigenvalue weighted by Gasteiger charge is -2.40. The van der Waals surface area contributed by atoms with Gasteiger partial charge in [-0.25, -0.2) is 0 Å². The van der Waals surface area contributed by atoms with Gasteiger partial charge < -0.3 is 23.7 Å². The van der Waals surface area contributed by atoms with Gasteiger partial charge in [-0.15, -0.1) is 0 Å². The van der Waals surface area contributed by atoms with E-state index in [0.717, 1.165) is 45.0 Å². The number of halogens is 3. The molecule has 12 heteroatoms. The minimum atomic E-state index is -4.52. The van der Waals surface area contributed by atoms with Crippen LogP contribution in [0.1, 0.15) is 42.3 Å². The molecule has 0 spiro atoms. The van der Waals surface area contributed by atoms with Crippen LogP contribution in [0.15, 0.2) is 48.5 Å². The van der Waals surface area contributed by atoms with E-state index in [2.05, 4.69) is 0 Å². The molecule has 0 aliphatic carbocycles. The third kappa shape index (κ3) is 7.29. The largest absolute Gasteiger partial charge is 0.461 e. The summed E-state index contributed by atoms with van der Waals surface area (Å²) in [6.45, 7) is 3.18. The molecule has 0 bridgehead atoms. The molecule has 0 saturated carbocycles. The van der Waals surface area contributed by atoms with Crippen LogP contribution in [0.2, 0.25) is 0 Å². The van der Waals surface area contributed by atoms with E-state index in [0.29, 0.717) is 0 Å². The van der Waals surface area contributed by atoms with Crippen molar-refractivity contribution in [3.05, 3.63) is 65.2 Å². The Kier molecular flexibility index (Phi) is 8.53. The second-order valence-electron chi connectivity index (χ2n) is 8.04. The number of rotatable bonds is 7. The number of hydrogen-bond acceptors (Lipinski definition) is 9. The molecule has 0 radical (unpaired) electrons. The third-order valence-electron chi connectivity index (χ3n) is 5.15. The highest BCUT2D eigenvalue weighted by Crippen LogP contribution is 2.30. The fourth-order valence-electron chi connectivity index (χ4n) is 3.61. The van der Waals surface area contributed by atoms with Crippen molar-refractivity contribution in [1.82, 2.24) is 0 Å². The van der Waals surface area contributed by atoms with Crippen molar-refractivity contribution in [1.29, 1.82) is 0 Å². The maximum absolute atomic E-state index is 12.8. The number of ketones is 1. The van der Waals surface area contributed by atoms with Crippen molar-refractivity contribution < 1.29 is 56.0 Å². The van der Waals surface area contributed by atoms with Crippen LogP contribution in [0, 0.1) is 0 Å². The van der Waals surface area contributed by atoms with Crippen LogP contribution in [0.5, 0.6) is 5.75 Å². The average Bonchev–Trinajstić information content (AvgIpc) is 2.81. The Morgan fingerprint density at radius 2 is 1.24 bits per heavy atom. The van der Waals surface area contributed by atoms with Crippen molar-refractivity contribution in [3.63, 3.8) is 0 Å². The molecule has 198 valence electrons. The van der Waals surface area contributed by atoms with E-state index in [9.17, 15) is 32.3 Å². The summed E-state index contributed by atoms with van der Waals surface area (Å²) in [7, 11) is 0. The quantitative estimate of drug-likeness (QED) is 0.305. The lowest BCUT2D eigenvalue weighted by molar-refractivity contribution is -0.259. The maximum Gasteiger partial charge on any atom is 0.416 e. The van der Waals surface area contributed by atoms with E-state index >= 15 is 0 Å². The third-order valence-corrected chi connectivity index (χ3v) is 5.15. The summed E-state index contributed by atoms with van der Waals surface area (Å²) in [6, 6.07) is 9.42. The highest BCUT2D eigenvalue weighted by Gasteiger charge is 2.48. The Bertz CT molecular complexity index is 1140. The standard InChI is InChI=1S/C25H23F3O9/c1-13(29)34-20-12-33-24(23(36-15(3)31)22(20)35-14(2)30)37-19-10-6-17(7-11-19)21(32)16-4-8-18(9-5-16)25(26,27)28/h4-11,20,22-24H,12H2,1-3H3/t20-,22+,23-,24+/m1/s1. The Balaban J connectivity index is 1.77. The number of ether oxygens (including phenoxy) is 5. The van der Waals surface area contributed by atoms with Crippen molar-refractivity contribution >= 4 is 23.7 Å². The fourth-order valence-corrected chi connectivity index (χ4v) is 3.61. The summed E-state index contributed by atoms with van der Waals surface area (Å²) < 4.78 is 65.3. The van der Waals surface area contributed by atoms with Gasteiger partial charge in [-0.3, -0.25) is 19.2 Å². The topological polar surface area (TPSA) is 114 Å². The van der Waals surface area contributed by atoms with Gasteiger partial charge in [0.25, 0.3) is 0 Å². The van der Waals surface area contributed by atoms with E-state index < -0.39 is 60.0 Å². The Hall–Kier alpha value is -3.93. The van der Waals surface area contributed by atoms with Crippen LogP contribution in [-0.4, -0.2) is 54.9 Å². The molecule has 1 saturated heterocycles. The summed E-state index contributed by atoms with van der Waals surface area (Å²) in [6.07, 6.45) is -9.36. The molecule has 3 rings (SSSR count). The van der Waals surface area contributed by atoms with Gasteiger partial charge in [-0.2, -0.15) is 13.2 Å². The first-order valence-electron chi connectivity index (χ1n) is 11.0. The SMILES string of the molecule is CC(=O)O[C@@H]1[C@@H](OC(C)=O)[C@H](Oc2ccc(C(=O)c3ccc(C(F)(F)F)cc3)cc2)OC[C@H]1OC(C)=O. The smallest absolute Gasteiger partial charge is 0.416 e. The average molecular weight is 524 g/mol. The van der Waals surface area contributed by atoms with E-state index in [1.807, 2.05) is 0 Å². The van der Waals surface area contributed by atoms with Gasteiger partial charge >= 0.3 is 24.1 Å². The maximum atomic E-state index is 12.8. The number of alkyl halides is 3. The summed E-state index contributed by atoms with van der Waals surface area (Å²) in [4.78, 5) is 47.5. The number of esters is 3. The highest BCUT2D eigenvalue weighted by molar-refractivity contribution is 6.09. The molecule has 2 aromatic carbocycles. The Labute approximate surface area is 209 Å². The summed E-state index contributed by atoms with van der Waals surface area (Å²) in [5.74, 6) is -2.45. The first kappa shape index (κ1) is 27.7. The van der Waals surface area contributed by atoms with E-state index in [1.165, 1.54) is 24.3 Å². The van der Waals surface area contributed by atoms with Crippen LogP contribution < -0.4 is 4.74 Å². The first-order valence-corrected chi connectivity index (χ1v) is 11.0. The lowest BCUT2D eigenvalue weighted by atomic mass is 10.0. The molecule has 1 fully saturated rings. The second-order valence-corrected chi connectivity index (χ2v) is 8.04. The second kappa shape index (κ2) is 11.4. The van der Waals surface area contributed by atoms with Crippen LogP contribution in [-0.2, 0) is 39.5 Å². The Morgan fingerprint density at radius 1 is 0.757 bits per heavy atom. The highest BCUT2D eigenvalue weighted by atomic mass is 19.4. The molecule has 0 aromatic heterocycles. The molecular formula is C25H23F3O9. The summed E-state index contributed by atoms with van der Waals surface area (Å²) in [5.41, 5.74) is -0.625. The zero-order chi connectivity index (χ0) is 27.3. The number of hydrogen-bond donors (Lipinski definition) is 0. The molecule has 0 unspecified atom stereocenters. The summed E-state index contributed by atoms with van der Waals surface area (Å²) >= 11 is 0. The van der Waals surface area contributed by atoms with Gasteiger partial charge in [-0.05, 0) is 36.4 Å². The molecule has 37 heavy (non-hydrogen) atoms. The molecule has 0 N–H and O–H groups in total. The molecule has 1 aliphatic heterocycles. The molecule has 0 amide bonds. The van der Waals surface area contributed by atoms with Crippen LogP contribution >= 0.6 is 0 Å². The van der Waals surface area contributed by atoms with Crippen molar-refractivity contribution in [2.24, 2.45) is 0 Å². The van der Waals surface area contributed by atoms with Gasteiger partial charge in [0.15, 0.2) is 18.0 Å². The number of carbonyl (C=O) groups is 4. The minimum absolute atomic E-state index is 0.0629. The van der Waals surface area contributed by atoms with Gasteiger partial charge in [0.05, 0.1) is 12.2 Å². The van der Waals surface area contributed by atoms with Gasteiger partial charge in [-0.1, -0.05) is 12.1 Å².